The Bertz CT molecular complexity index is 942. The number of thiophene rings is 1. The number of aliphatic carboxylic acids is 1. The molecule has 0 bridgehead atoms. The number of likely N-dealkylation sites (tertiary alicyclic amines) is 1. The fourth-order valence-corrected chi connectivity index (χ4v) is 4.67. The van der Waals surface area contributed by atoms with Gasteiger partial charge in [-0.25, -0.2) is 14.8 Å². The van der Waals surface area contributed by atoms with Gasteiger partial charge in [-0.3, -0.25) is 9.69 Å². The Labute approximate surface area is 181 Å². The molecule has 0 saturated carbocycles. The van der Waals surface area contributed by atoms with Crippen LogP contribution in [0.15, 0.2) is 23.0 Å². The SMILES string of the molecule is Cc1ncc2c(n1)C1(CCN(Cc3ccsc3)CC1)CN(C)C2=O.O=C(O)C(F)(F)F. The number of likely N-dealkylation sites (N-methyl/N-ethyl adjacent to an activating group) is 1. The van der Waals surface area contributed by atoms with E-state index in [0.717, 1.165) is 50.5 Å². The van der Waals surface area contributed by atoms with Crippen molar-refractivity contribution in [3.63, 3.8) is 0 Å². The van der Waals surface area contributed by atoms with Crippen LogP contribution in [0.25, 0.3) is 0 Å². The highest BCUT2D eigenvalue weighted by Gasteiger charge is 2.45. The molecule has 1 amide bonds. The smallest absolute Gasteiger partial charge is 0.475 e. The first kappa shape index (κ1) is 23.1. The molecule has 0 radical (unpaired) electrons. The Morgan fingerprint density at radius 1 is 1.32 bits per heavy atom. The summed E-state index contributed by atoms with van der Waals surface area (Å²) in [7, 11) is 1.89. The van der Waals surface area contributed by atoms with Crippen molar-refractivity contribution in [3.8, 4) is 0 Å². The Kier molecular flexibility index (Phi) is 6.65. The number of fused-ring (bicyclic) bond motifs is 2. The second-order valence-corrected chi connectivity index (χ2v) is 8.61. The van der Waals surface area contributed by atoms with Crippen molar-refractivity contribution in [2.45, 2.75) is 37.9 Å². The molecule has 1 spiro atoms. The van der Waals surface area contributed by atoms with Crippen molar-refractivity contribution in [1.29, 1.82) is 0 Å². The zero-order valence-electron chi connectivity index (χ0n) is 17.1. The summed E-state index contributed by atoms with van der Waals surface area (Å²) >= 11 is 1.75. The van der Waals surface area contributed by atoms with E-state index >= 15 is 0 Å². The molecule has 2 aliphatic rings. The molecule has 0 aromatic carbocycles. The van der Waals surface area contributed by atoms with E-state index in [1.165, 1.54) is 5.56 Å². The van der Waals surface area contributed by atoms with Gasteiger partial charge in [0, 0.05) is 31.7 Å². The zero-order valence-corrected chi connectivity index (χ0v) is 18.0. The zero-order chi connectivity index (χ0) is 22.8. The van der Waals surface area contributed by atoms with Crippen molar-refractivity contribution >= 4 is 23.2 Å². The summed E-state index contributed by atoms with van der Waals surface area (Å²) in [6, 6.07) is 2.20. The number of carboxylic acid groups (broad SMARTS) is 1. The molecule has 4 rings (SSSR count). The van der Waals surface area contributed by atoms with Crippen molar-refractivity contribution in [2.75, 3.05) is 26.7 Å². The van der Waals surface area contributed by atoms with E-state index in [-0.39, 0.29) is 11.3 Å². The van der Waals surface area contributed by atoms with Crippen LogP contribution in [0, 0.1) is 6.92 Å². The highest BCUT2D eigenvalue weighted by molar-refractivity contribution is 7.07. The van der Waals surface area contributed by atoms with Crippen LogP contribution in [0.3, 0.4) is 0 Å². The van der Waals surface area contributed by atoms with Crippen LogP contribution in [0.2, 0.25) is 0 Å². The van der Waals surface area contributed by atoms with Gasteiger partial charge in [-0.15, -0.1) is 0 Å². The van der Waals surface area contributed by atoms with Gasteiger partial charge in [-0.05, 0) is 55.2 Å². The first-order valence-corrected chi connectivity index (χ1v) is 10.6. The number of hydrogen-bond donors (Lipinski definition) is 1. The van der Waals surface area contributed by atoms with Crippen molar-refractivity contribution in [1.82, 2.24) is 19.8 Å². The summed E-state index contributed by atoms with van der Waals surface area (Å²) in [4.78, 5) is 34.7. The second kappa shape index (κ2) is 8.91. The number of piperidine rings is 1. The number of aryl methyl sites for hydroxylation is 1. The minimum absolute atomic E-state index is 0.0170. The lowest BCUT2D eigenvalue weighted by molar-refractivity contribution is -0.192. The number of hydrogen-bond acceptors (Lipinski definition) is 6. The lowest BCUT2D eigenvalue weighted by Gasteiger charge is -2.46. The fraction of sp³-hybridized carbons (Fsp3) is 0.500. The van der Waals surface area contributed by atoms with E-state index in [9.17, 15) is 18.0 Å². The second-order valence-electron chi connectivity index (χ2n) is 7.83. The molecule has 2 aromatic rings. The average Bonchev–Trinajstić information content (AvgIpc) is 3.21. The fourth-order valence-electron chi connectivity index (χ4n) is 4.01. The van der Waals surface area contributed by atoms with Crippen LogP contribution in [0.1, 0.15) is 40.3 Å². The van der Waals surface area contributed by atoms with E-state index < -0.39 is 12.1 Å². The Hall–Kier alpha value is -2.53. The van der Waals surface area contributed by atoms with Crippen LogP contribution in [-0.2, 0) is 16.8 Å². The summed E-state index contributed by atoms with van der Waals surface area (Å²) < 4.78 is 31.7. The van der Waals surface area contributed by atoms with Crippen LogP contribution < -0.4 is 0 Å². The normalized spacial score (nSPS) is 18.4. The quantitative estimate of drug-likeness (QED) is 0.748. The monoisotopic (exact) mass is 456 g/mol. The summed E-state index contributed by atoms with van der Waals surface area (Å²) in [5.41, 5.74) is 3.05. The maximum atomic E-state index is 12.5. The van der Waals surface area contributed by atoms with Crippen molar-refractivity contribution in [2.24, 2.45) is 0 Å². The number of halogens is 3. The molecule has 7 nitrogen and oxygen atoms in total. The standard InChI is InChI=1S/C18H22N4OS.C2HF3O2/c1-13-19-9-15-16(20-13)18(12-21(2)17(15)23)4-6-22(7-5-18)10-14-3-8-24-11-14;3-2(4,5)1(6)7/h3,8-9,11H,4-7,10,12H2,1-2H3;(H,6,7). The largest absolute Gasteiger partial charge is 0.490 e. The summed E-state index contributed by atoms with van der Waals surface area (Å²) in [5.74, 6) is -1.95. The van der Waals surface area contributed by atoms with E-state index in [1.54, 1.807) is 17.5 Å². The molecule has 1 saturated heterocycles. The van der Waals surface area contributed by atoms with Gasteiger partial charge < -0.3 is 10.0 Å². The van der Waals surface area contributed by atoms with Crippen LogP contribution in [0.4, 0.5) is 13.2 Å². The maximum Gasteiger partial charge on any atom is 0.490 e. The number of alkyl halides is 3. The lowest BCUT2D eigenvalue weighted by Crippen LogP contribution is -2.53. The van der Waals surface area contributed by atoms with Gasteiger partial charge in [0.2, 0.25) is 0 Å². The number of rotatable bonds is 2. The van der Waals surface area contributed by atoms with Gasteiger partial charge in [-0.1, -0.05) is 0 Å². The Balaban J connectivity index is 0.000000339. The van der Waals surface area contributed by atoms with Gasteiger partial charge in [0.15, 0.2) is 0 Å². The molecule has 11 heteroatoms. The van der Waals surface area contributed by atoms with Crippen molar-refractivity contribution < 1.29 is 27.9 Å². The van der Waals surface area contributed by atoms with Crippen LogP contribution in [0.5, 0.6) is 0 Å². The van der Waals surface area contributed by atoms with Gasteiger partial charge in [0.1, 0.15) is 5.82 Å². The molecule has 1 N–H and O–H groups in total. The number of carboxylic acids is 1. The van der Waals surface area contributed by atoms with Gasteiger partial charge in [-0.2, -0.15) is 24.5 Å². The summed E-state index contributed by atoms with van der Waals surface area (Å²) in [6.45, 7) is 5.77. The van der Waals surface area contributed by atoms with E-state index in [4.69, 9.17) is 14.9 Å². The number of carbonyl (C=O) groups is 2. The van der Waals surface area contributed by atoms with Crippen LogP contribution in [-0.4, -0.2) is 69.6 Å². The molecule has 4 heterocycles. The first-order valence-electron chi connectivity index (χ1n) is 9.65. The molecule has 1 fully saturated rings. The highest BCUT2D eigenvalue weighted by atomic mass is 32.1. The van der Waals surface area contributed by atoms with Crippen LogP contribution >= 0.6 is 11.3 Å². The predicted octanol–water partition coefficient (Wildman–Crippen LogP) is 3.10. The summed E-state index contributed by atoms with van der Waals surface area (Å²) in [5, 5.41) is 11.5. The molecule has 2 aliphatic heterocycles. The molecule has 0 aliphatic carbocycles. The minimum atomic E-state index is -5.08. The molecular weight excluding hydrogens is 433 g/mol. The van der Waals surface area contributed by atoms with Gasteiger partial charge in [0.25, 0.3) is 5.91 Å². The Morgan fingerprint density at radius 3 is 2.52 bits per heavy atom. The maximum absolute atomic E-state index is 12.5. The molecule has 0 atom stereocenters. The number of aromatic nitrogens is 2. The topological polar surface area (TPSA) is 86.6 Å². The lowest BCUT2D eigenvalue weighted by atomic mass is 9.71. The van der Waals surface area contributed by atoms with E-state index in [0.29, 0.717) is 5.56 Å². The predicted molar refractivity (Wildman–Crippen MR) is 108 cm³/mol. The number of amides is 1. The average molecular weight is 456 g/mol. The van der Waals surface area contributed by atoms with Gasteiger partial charge in [0.05, 0.1) is 11.3 Å². The molecule has 2 aromatic heterocycles. The Morgan fingerprint density at radius 2 is 1.97 bits per heavy atom. The first-order chi connectivity index (χ1) is 14.5. The van der Waals surface area contributed by atoms with E-state index in [1.807, 2.05) is 18.9 Å². The van der Waals surface area contributed by atoms with Gasteiger partial charge >= 0.3 is 12.1 Å². The van der Waals surface area contributed by atoms with E-state index in [2.05, 4.69) is 26.7 Å². The third-order valence-electron chi connectivity index (χ3n) is 5.57. The molecule has 0 unspecified atom stereocenters. The summed E-state index contributed by atoms with van der Waals surface area (Å²) in [6.07, 6.45) is -1.29. The number of nitrogens with zero attached hydrogens (tertiary/aromatic N) is 4. The number of carbonyl (C=O) groups excluding carboxylic acids is 1. The highest BCUT2D eigenvalue weighted by Crippen LogP contribution is 2.40. The van der Waals surface area contributed by atoms with Crippen molar-refractivity contribution in [3.05, 3.63) is 45.7 Å². The molecule has 168 valence electrons. The third kappa shape index (κ3) is 5.21. The molecular formula is C20H23F3N4O3S. The third-order valence-corrected chi connectivity index (χ3v) is 6.30. The minimum Gasteiger partial charge on any atom is -0.475 e. The molecule has 31 heavy (non-hydrogen) atoms.